The third-order valence-corrected chi connectivity index (χ3v) is 5.04. The molecule has 2 aliphatic rings. The molecule has 19 heavy (non-hydrogen) atoms. The summed E-state index contributed by atoms with van der Waals surface area (Å²) < 4.78 is 0. The number of nitrogens with one attached hydrogen (secondary N) is 1. The fourth-order valence-corrected chi connectivity index (χ4v) is 3.70. The zero-order valence-electron chi connectivity index (χ0n) is 11.2. The number of aliphatic hydroxyl groups is 1. The molecule has 1 aromatic rings. The van der Waals surface area contributed by atoms with Crippen LogP contribution >= 0.6 is 11.6 Å². The summed E-state index contributed by atoms with van der Waals surface area (Å²) in [7, 11) is 0. The van der Waals surface area contributed by atoms with Crippen molar-refractivity contribution in [2.75, 3.05) is 6.54 Å². The van der Waals surface area contributed by atoms with Crippen LogP contribution in [0.1, 0.15) is 43.6 Å². The van der Waals surface area contributed by atoms with Gasteiger partial charge in [0.05, 0.1) is 6.10 Å². The van der Waals surface area contributed by atoms with Gasteiger partial charge in [0.1, 0.15) is 0 Å². The van der Waals surface area contributed by atoms with Crippen LogP contribution in [0.3, 0.4) is 0 Å². The van der Waals surface area contributed by atoms with Crippen LogP contribution in [0.25, 0.3) is 0 Å². The van der Waals surface area contributed by atoms with Crippen molar-refractivity contribution in [3.63, 3.8) is 0 Å². The Bertz CT molecular complexity index is 431. The summed E-state index contributed by atoms with van der Waals surface area (Å²) in [5, 5.41) is 14.1. The molecule has 3 heteroatoms. The summed E-state index contributed by atoms with van der Waals surface area (Å²) >= 11 is 6.23. The van der Waals surface area contributed by atoms with Gasteiger partial charge in [0.15, 0.2) is 0 Å². The molecule has 0 spiro atoms. The van der Waals surface area contributed by atoms with E-state index in [0.717, 1.165) is 24.4 Å². The molecule has 0 aromatic heterocycles. The van der Waals surface area contributed by atoms with Gasteiger partial charge in [-0.15, -0.1) is 0 Å². The predicted molar refractivity (Wildman–Crippen MR) is 78.6 cm³/mol. The molecule has 0 heterocycles. The van der Waals surface area contributed by atoms with Crippen LogP contribution in [0.15, 0.2) is 24.3 Å². The molecule has 2 aliphatic carbocycles. The van der Waals surface area contributed by atoms with Crippen molar-refractivity contribution in [1.82, 2.24) is 5.32 Å². The molecule has 2 saturated carbocycles. The monoisotopic (exact) mass is 279 g/mol. The zero-order chi connectivity index (χ0) is 13.2. The van der Waals surface area contributed by atoms with Crippen molar-refractivity contribution in [2.24, 2.45) is 5.92 Å². The number of hydrogen-bond donors (Lipinski definition) is 2. The van der Waals surface area contributed by atoms with Gasteiger partial charge in [-0.1, -0.05) is 29.8 Å². The third-order valence-electron chi connectivity index (χ3n) is 4.69. The van der Waals surface area contributed by atoms with Crippen LogP contribution in [-0.2, 0) is 0 Å². The van der Waals surface area contributed by atoms with Crippen LogP contribution in [0.2, 0.25) is 5.02 Å². The minimum Gasteiger partial charge on any atom is -0.393 e. The number of hydrogen-bond acceptors (Lipinski definition) is 2. The number of benzene rings is 1. The smallest absolute Gasteiger partial charge is 0.0543 e. The summed E-state index contributed by atoms with van der Waals surface area (Å²) in [4.78, 5) is 0. The molecular weight excluding hydrogens is 258 g/mol. The van der Waals surface area contributed by atoms with Crippen molar-refractivity contribution >= 4 is 11.6 Å². The fourth-order valence-electron chi connectivity index (χ4n) is 3.41. The lowest BCUT2D eigenvalue weighted by Crippen LogP contribution is -2.42. The van der Waals surface area contributed by atoms with Crippen LogP contribution in [0.4, 0.5) is 0 Å². The number of rotatable bonds is 4. The summed E-state index contributed by atoms with van der Waals surface area (Å²) in [6, 6.07) is 8.83. The van der Waals surface area contributed by atoms with Gasteiger partial charge in [-0.25, -0.2) is 0 Å². The third kappa shape index (κ3) is 3.13. The molecule has 2 nitrogen and oxygen atoms in total. The van der Waals surface area contributed by atoms with Gasteiger partial charge in [0.2, 0.25) is 0 Å². The van der Waals surface area contributed by atoms with Crippen molar-refractivity contribution in [2.45, 2.75) is 50.2 Å². The Morgan fingerprint density at radius 1 is 1.16 bits per heavy atom. The molecule has 3 rings (SSSR count). The molecule has 2 fully saturated rings. The van der Waals surface area contributed by atoms with Crippen LogP contribution in [-0.4, -0.2) is 23.8 Å². The molecule has 0 amide bonds. The number of halogens is 1. The van der Waals surface area contributed by atoms with Crippen LogP contribution < -0.4 is 5.32 Å². The topological polar surface area (TPSA) is 32.3 Å². The Kier molecular flexibility index (Phi) is 4.11. The maximum atomic E-state index is 9.51. The van der Waals surface area contributed by atoms with E-state index in [1.54, 1.807) is 0 Å². The van der Waals surface area contributed by atoms with E-state index in [2.05, 4.69) is 17.4 Å². The quantitative estimate of drug-likeness (QED) is 0.886. The molecule has 2 unspecified atom stereocenters. The highest BCUT2D eigenvalue weighted by molar-refractivity contribution is 6.31. The van der Waals surface area contributed by atoms with E-state index in [1.165, 1.54) is 24.8 Å². The van der Waals surface area contributed by atoms with Gasteiger partial charge < -0.3 is 10.4 Å². The van der Waals surface area contributed by atoms with E-state index in [4.69, 9.17) is 11.6 Å². The second kappa shape index (κ2) is 5.82. The Morgan fingerprint density at radius 3 is 2.63 bits per heavy atom. The Balaban J connectivity index is 1.42. The first-order valence-electron chi connectivity index (χ1n) is 7.38. The molecule has 104 valence electrons. The highest BCUT2D eigenvalue weighted by Gasteiger charge is 2.32. The van der Waals surface area contributed by atoms with Gasteiger partial charge in [0, 0.05) is 11.1 Å². The SMILES string of the molecule is OC1CCC(CNC2CC(c3ccccc3Cl)C2)C1. The molecular formula is C16H22ClNO. The van der Waals surface area contributed by atoms with Crippen molar-refractivity contribution in [3.05, 3.63) is 34.9 Å². The maximum Gasteiger partial charge on any atom is 0.0543 e. The first kappa shape index (κ1) is 13.4. The predicted octanol–water partition coefficient (Wildman–Crippen LogP) is 3.34. The number of aliphatic hydroxyl groups excluding tert-OH is 1. The first-order chi connectivity index (χ1) is 9.22. The minimum absolute atomic E-state index is 0.0518. The Labute approximate surface area is 120 Å². The fraction of sp³-hybridized carbons (Fsp3) is 0.625. The van der Waals surface area contributed by atoms with E-state index in [9.17, 15) is 5.11 Å². The molecule has 0 aliphatic heterocycles. The minimum atomic E-state index is -0.0518. The molecule has 0 saturated heterocycles. The average molecular weight is 280 g/mol. The first-order valence-corrected chi connectivity index (χ1v) is 7.76. The van der Waals surface area contributed by atoms with Gasteiger partial charge >= 0.3 is 0 Å². The van der Waals surface area contributed by atoms with Crippen LogP contribution in [0, 0.1) is 5.92 Å². The van der Waals surface area contributed by atoms with E-state index in [-0.39, 0.29) is 6.10 Å². The second-order valence-corrected chi connectivity index (χ2v) is 6.54. The van der Waals surface area contributed by atoms with Gasteiger partial charge in [-0.2, -0.15) is 0 Å². The van der Waals surface area contributed by atoms with Crippen LogP contribution in [0.5, 0.6) is 0 Å². The van der Waals surface area contributed by atoms with Crippen molar-refractivity contribution in [3.8, 4) is 0 Å². The standard InChI is InChI=1S/C16H22ClNO/c17-16-4-2-1-3-15(16)12-8-13(9-12)18-10-11-5-6-14(19)7-11/h1-4,11-14,18-19H,5-10H2. The lowest BCUT2D eigenvalue weighted by atomic mass is 9.75. The summed E-state index contributed by atoms with van der Waals surface area (Å²) in [5.41, 5.74) is 1.30. The highest BCUT2D eigenvalue weighted by atomic mass is 35.5. The lowest BCUT2D eigenvalue weighted by Gasteiger charge is -2.37. The Morgan fingerprint density at radius 2 is 1.95 bits per heavy atom. The normalized spacial score (nSPS) is 34.2. The summed E-state index contributed by atoms with van der Waals surface area (Å²) in [6.07, 6.45) is 5.48. The van der Waals surface area contributed by atoms with E-state index in [0.29, 0.717) is 17.9 Å². The van der Waals surface area contributed by atoms with E-state index in [1.807, 2.05) is 12.1 Å². The molecule has 0 radical (unpaired) electrons. The summed E-state index contributed by atoms with van der Waals surface area (Å²) in [5.74, 6) is 1.30. The van der Waals surface area contributed by atoms with E-state index < -0.39 is 0 Å². The molecule has 1 aromatic carbocycles. The largest absolute Gasteiger partial charge is 0.393 e. The van der Waals surface area contributed by atoms with Gasteiger partial charge in [-0.05, 0) is 62.1 Å². The average Bonchev–Trinajstić information content (AvgIpc) is 2.75. The Hall–Kier alpha value is -0.570. The van der Waals surface area contributed by atoms with E-state index >= 15 is 0 Å². The maximum absolute atomic E-state index is 9.51. The second-order valence-electron chi connectivity index (χ2n) is 6.13. The molecule has 2 atom stereocenters. The van der Waals surface area contributed by atoms with Crippen molar-refractivity contribution in [1.29, 1.82) is 0 Å². The highest BCUT2D eigenvalue weighted by Crippen LogP contribution is 2.40. The molecule has 2 N–H and O–H groups in total. The lowest BCUT2D eigenvalue weighted by molar-refractivity contribution is 0.176. The zero-order valence-corrected chi connectivity index (χ0v) is 11.9. The van der Waals surface area contributed by atoms with Gasteiger partial charge in [0.25, 0.3) is 0 Å². The molecule has 0 bridgehead atoms. The van der Waals surface area contributed by atoms with Crippen molar-refractivity contribution < 1.29 is 5.11 Å². The summed E-state index contributed by atoms with van der Waals surface area (Å²) in [6.45, 7) is 1.07. The van der Waals surface area contributed by atoms with Gasteiger partial charge in [-0.3, -0.25) is 0 Å².